The van der Waals surface area contributed by atoms with Crippen molar-refractivity contribution < 1.29 is 0 Å². The van der Waals surface area contributed by atoms with E-state index in [4.69, 9.17) is 0 Å². The van der Waals surface area contributed by atoms with Gasteiger partial charge in [-0.05, 0) is 143 Å². The van der Waals surface area contributed by atoms with Gasteiger partial charge in [0.1, 0.15) is 0 Å². The minimum absolute atomic E-state index is 0.100. The molecule has 0 heterocycles. The highest BCUT2D eigenvalue weighted by Gasteiger charge is 2.34. The molecular weight excluding hydrogens is 1010 g/mol. The molecule has 0 fully saturated rings. The number of fused-ring (bicyclic) bond motifs is 4. The second-order valence-electron chi connectivity index (χ2n) is 21.9. The molecule has 2 aliphatic rings. The Morgan fingerprint density at radius 3 is 1.15 bits per heavy atom. The van der Waals surface area contributed by atoms with Crippen LogP contribution in [0, 0.1) is 11.8 Å². The van der Waals surface area contributed by atoms with E-state index in [-0.39, 0.29) is 11.8 Å². The first kappa shape index (κ1) is 50.2. The molecule has 84 heavy (non-hydrogen) atoms. The smallest absolute Gasteiger partial charge is 0.0546 e. The van der Waals surface area contributed by atoms with Gasteiger partial charge >= 0.3 is 0 Å². The number of rotatable bonds is 12. The van der Waals surface area contributed by atoms with E-state index in [0.717, 1.165) is 39.6 Å². The van der Waals surface area contributed by atoms with E-state index in [1.165, 1.54) is 93.7 Å². The van der Waals surface area contributed by atoms with Crippen LogP contribution in [0.25, 0.3) is 93.5 Å². The van der Waals surface area contributed by atoms with Crippen LogP contribution in [0.5, 0.6) is 0 Å². The van der Waals surface area contributed by atoms with Crippen molar-refractivity contribution in [3.05, 3.63) is 351 Å². The minimum Gasteiger partial charge on any atom is -0.313 e. The summed E-state index contributed by atoms with van der Waals surface area (Å²) in [6, 6.07) is 111. The first-order valence-corrected chi connectivity index (χ1v) is 29.1. The average molecular weight is 1070 g/mol. The molecule has 2 heteroatoms. The largest absolute Gasteiger partial charge is 0.313 e. The molecule has 0 amide bonds. The van der Waals surface area contributed by atoms with E-state index in [9.17, 15) is 0 Å². The van der Waals surface area contributed by atoms with E-state index in [2.05, 4.69) is 350 Å². The van der Waals surface area contributed by atoms with Crippen LogP contribution < -0.4 is 9.80 Å². The standard InChI is InChI=1S/C82H58N2/c1-5-23-57(24-6-1)71-49-51-79(75-39-21-19-37-73(71)75)83(81-55-65-33-15-13-31-63(65)53-77(81)59-27-9-3-10-28-59)67-45-41-61(42-46-67)69-35-17-18-36-70(69)62-43-47-68(48-44-62)84(80-52-50-72(58-25-7-2-8-26-58)74-38-20-22-40-76(74)80)82-56-66-34-16-14-32-64(66)54-78(82)60-29-11-4-12-30-60/h1-56,73,75H. The molecule has 0 saturated heterocycles. The summed E-state index contributed by atoms with van der Waals surface area (Å²) in [4.78, 5) is 5.01. The summed E-state index contributed by atoms with van der Waals surface area (Å²) in [6.07, 6.45) is 13.9. The second-order valence-corrected chi connectivity index (χ2v) is 21.9. The maximum Gasteiger partial charge on any atom is 0.0546 e. The predicted octanol–water partition coefficient (Wildman–Crippen LogP) is 22.4. The molecule has 0 saturated carbocycles. The summed E-state index contributed by atoms with van der Waals surface area (Å²) in [5, 5.41) is 7.19. The summed E-state index contributed by atoms with van der Waals surface area (Å²) in [6.45, 7) is 0. The molecule has 0 N–H and O–H groups in total. The molecule has 396 valence electrons. The maximum absolute atomic E-state index is 2.53. The summed E-state index contributed by atoms with van der Waals surface area (Å²) >= 11 is 0. The summed E-state index contributed by atoms with van der Waals surface area (Å²) in [7, 11) is 0. The Kier molecular flexibility index (Phi) is 13.1. The normalized spacial score (nSPS) is 14.5. The van der Waals surface area contributed by atoms with Crippen molar-refractivity contribution in [3.8, 4) is 55.6 Å². The van der Waals surface area contributed by atoms with Crippen LogP contribution in [0.2, 0.25) is 0 Å². The van der Waals surface area contributed by atoms with Gasteiger partial charge in [-0.2, -0.15) is 0 Å². The van der Waals surface area contributed by atoms with Crippen LogP contribution in [-0.4, -0.2) is 0 Å². The summed E-state index contributed by atoms with van der Waals surface area (Å²) < 4.78 is 0. The van der Waals surface area contributed by atoms with Crippen molar-refractivity contribution in [2.24, 2.45) is 11.8 Å². The van der Waals surface area contributed by atoms with Gasteiger partial charge < -0.3 is 9.80 Å². The molecule has 13 aromatic carbocycles. The molecule has 15 rings (SSSR count). The summed E-state index contributed by atoms with van der Waals surface area (Å²) in [5.74, 6) is 0.270. The zero-order chi connectivity index (χ0) is 55.8. The first-order chi connectivity index (χ1) is 41.7. The molecule has 0 aliphatic heterocycles. The predicted molar refractivity (Wildman–Crippen MR) is 357 cm³/mol. The van der Waals surface area contributed by atoms with Crippen LogP contribution in [0.3, 0.4) is 0 Å². The maximum atomic E-state index is 2.53. The van der Waals surface area contributed by atoms with Gasteiger partial charge in [0.25, 0.3) is 0 Å². The number of allylic oxidation sites excluding steroid dienone is 7. The van der Waals surface area contributed by atoms with Gasteiger partial charge in [-0.25, -0.2) is 0 Å². The van der Waals surface area contributed by atoms with Crippen molar-refractivity contribution in [1.82, 2.24) is 0 Å². The molecule has 0 bridgehead atoms. The van der Waals surface area contributed by atoms with Crippen molar-refractivity contribution in [2.45, 2.75) is 0 Å². The topological polar surface area (TPSA) is 6.48 Å². The highest BCUT2D eigenvalue weighted by atomic mass is 15.2. The zero-order valence-corrected chi connectivity index (χ0v) is 46.4. The van der Waals surface area contributed by atoms with Crippen LogP contribution in [0.15, 0.2) is 345 Å². The average Bonchev–Trinajstić information content (AvgIpc) is 1.65. The van der Waals surface area contributed by atoms with Crippen molar-refractivity contribution in [2.75, 3.05) is 9.80 Å². The summed E-state index contributed by atoms with van der Waals surface area (Å²) in [5.41, 5.74) is 21.1. The fourth-order valence-corrected chi connectivity index (χ4v) is 13.0. The highest BCUT2D eigenvalue weighted by molar-refractivity contribution is 6.09. The van der Waals surface area contributed by atoms with Gasteiger partial charge in [0.05, 0.1) is 17.1 Å². The third-order valence-corrected chi connectivity index (χ3v) is 17.0. The lowest BCUT2D eigenvalue weighted by Crippen LogP contribution is -2.29. The molecule has 2 unspecified atom stereocenters. The first-order valence-electron chi connectivity index (χ1n) is 29.1. The SMILES string of the molecule is C1=CC2C(c3ccccc3)=CC=C(N(c3ccc(-c4ccccc4-c4ccc(N(c5cc6ccccc6cc5-c5ccccc5)c5ccc(-c6ccccc6)c6ccccc56)cc4)cc3)c3cc4ccccc4cc3-c3ccccc3)C2C=C1. The highest BCUT2D eigenvalue weighted by Crippen LogP contribution is 2.50. The quantitative estimate of drug-likeness (QED) is 0.120. The van der Waals surface area contributed by atoms with Crippen molar-refractivity contribution in [3.63, 3.8) is 0 Å². The number of anilines is 5. The van der Waals surface area contributed by atoms with E-state index < -0.39 is 0 Å². The van der Waals surface area contributed by atoms with Gasteiger partial charge in [-0.3, -0.25) is 0 Å². The number of hydrogen-bond acceptors (Lipinski definition) is 2. The number of benzene rings is 13. The molecule has 13 aromatic rings. The van der Waals surface area contributed by atoms with Gasteiger partial charge in [0.15, 0.2) is 0 Å². The lowest BCUT2D eigenvalue weighted by molar-refractivity contribution is 0.627. The molecule has 0 radical (unpaired) electrons. The van der Waals surface area contributed by atoms with Crippen LogP contribution >= 0.6 is 0 Å². The molecule has 0 aromatic heterocycles. The number of hydrogen-bond donors (Lipinski definition) is 0. The Morgan fingerprint density at radius 1 is 0.238 bits per heavy atom. The third kappa shape index (κ3) is 9.30. The van der Waals surface area contributed by atoms with E-state index in [1.54, 1.807) is 0 Å². The zero-order valence-electron chi connectivity index (χ0n) is 46.4. The van der Waals surface area contributed by atoms with Gasteiger partial charge in [-0.15, -0.1) is 0 Å². The molecule has 2 nitrogen and oxygen atoms in total. The Hall–Kier alpha value is -10.8. The van der Waals surface area contributed by atoms with Gasteiger partial charge in [0, 0.05) is 45.4 Å². The Bertz CT molecular complexity index is 4690. The Balaban J connectivity index is 0.854. The Labute approximate surface area is 491 Å². The number of nitrogens with zero attached hydrogens (tertiary/aromatic N) is 2. The molecule has 0 spiro atoms. The molecule has 2 atom stereocenters. The van der Waals surface area contributed by atoms with E-state index in [0.29, 0.717) is 0 Å². The van der Waals surface area contributed by atoms with Gasteiger partial charge in [-0.1, -0.05) is 279 Å². The van der Waals surface area contributed by atoms with Gasteiger partial charge in [0.2, 0.25) is 0 Å². The monoisotopic (exact) mass is 1070 g/mol. The van der Waals surface area contributed by atoms with Crippen LogP contribution in [-0.2, 0) is 0 Å². The molecular formula is C82H58N2. The lowest BCUT2D eigenvalue weighted by Gasteiger charge is -2.39. The lowest BCUT2D eigenvalue weighted by atomic mass is 9.74. The van der Waals surface area contributed by atoms with Crippen molar-refractivity contribution in [1.29, 1.82) is 0 Å². The van der Waals surface area contributed by atoms with E-state index >= 15 is 0 Å². The minimum atomic E-state index is 0.100. The fraction of sp³-hybridized carbons (Fsp3) is 0.0244. The second kappa shape index (κ2) is 21.9. The van der Waals surface area contributed by atoms with Crippen molar-refractivity contribution >= 4 is 66.3 Å². The van der Waals surface area contributed by atoms with Crippen LogP contribution in [0.4, 0.5) is 28.4 Å². The third-order valence-electron chi connectivity index (χ3n) is 17.0. The molecule has 2 aliphatic carbocycles. The van der Waals surface area contributed by atoms with E-state index in [1.807, 2.05) is 0 Å². The van der Waals surface area contributed by atoms with Crippen LogP contribution in [0.1, 0.15) is 5.56 Å². The fourth-order valence-electron chi connectivity index (χ4n) is 13.0. The Morgan fingerprint density at radius 2 is 0.631 bits per heavy atom.